The quantitative estimate of drug-likeness (QED) is 0.589. The van der Waals surface area contributed by atoms with Gasteiger partial charge in [-0.25, -0.2) is 0 Å². The van der Waals surface area contributed by atoms with E-state index in [0.29, 0.717) is 5.16 Å². The van der Waals surface area contributed by atoms with E-state index in [0.717, 1.165) is 49.9 Å². The summed E-state index contributed by atoms with van der Waals surface area (Å²) in [6.07, 6.45) is 0. The molecule has 30 heavy (non-hydrogen) atoms. The third-order valence-electron chi connectivity index (χ3n) is 4.95. The monoisotopic (exact) mass is 423 g/mol. The summed E-state index contributed by atoms with van der Waals surface area (Å²) in [5, 5.41) is 12.1. The first kappa shape index (κ1) is 20.6. The van der Waals surface area contributed by atoms with Crippen molar-refractivity contribution >= 4 is 23.4 Å². The lowest BCUT2D eigenvalue weighted by Gasteiger charge is -2.26. The highest BCUT2D eigenvalue weighted by atomic mass is 32.2. The molecule has 1 amide bonds. The van der Waals surface area contributed by atoms with Gasteiger partial charge in [0.1, 0.15) is 0 Å². The average Bonchev–Trinajstić information content (AvgIpc) is 3.15. The molecule has 0 unspecified atom stereocenters. The smallest absolute Gasteiger partial charge is 0.234 e. The molecule has 0 atom stereocenters. The lowest BCUT2D eigenvalue weighted by atomic mass is 10.2. The molecule has 1 aromatic heterocycles. The number of carbonyl (C=O) groups is 1. The van der Waals surface area contributed by atoms with E-state index in [1.165, 1.54) is 17.3 Å². The summed E-state index contributed by atoms with van der Waals surface area (Å²) in [5.41, 5.74) is 3.03. The summed E-state index contributed by atoms with van der Waals surface area (Å²) in [7, 11) is 1.91. The van der Waals surface area contributed by atoms with E-state index in [4.69, 9.17) is 4.74 Å². The fraction of sp³-hybridized carbons (Fsp3) is 0.318. The first-order valence-corrected chi connectivity index (χ1v) is 10.9. The van der Waals surface area contributed by atoms with Crippen molar-refractivity contribution < 1.29 is 9.53 Å². The van der Waals surface area contributed by atoms with Crippen LogP contribution in [0.4, 0.5) is 5.69 Å². The zero-order chi connectivity index (χ0) is 20.8. The number of hydrogen-bond donors (Lipinski definition) is 1. The summed E-state index contributed by atoms with van der Waals surface area (Å²) >= 11 is 1.38. The maximum absolute atomic E-state index is 12.4. The molecule has 0 spiro atoms. The van der Waals surface area contributed by atoms with Gasteiger partial charge < -0.3 is 14.6 Å². The number of rotatable bonds is 7. The maximum atomic E-state index is 12.4. The molecule has 0 radical (unpaired) electrons. The Labute approximate surface area is 180 Å². The van der Waals surface area contributed by atoms with Crippen LogP contribution in [0.5, 0.6) is 0 Å². The molecule has 1 aliphatic rings. The summed E-state index contributed by atoms with van der Waals surface area (Å²) in [5.74, 6) is 0.996. The van der Waals surface area contributed by atoms with Crippen LogP contribution in [-0.4, -0.2) is 57.6 Å². The van der Waals surface area contributed by atoms with E-state index in [1.54, 1.807) is 0 Å². The molecule has 2 heterocycles. The van der Waals surface area contributed by atoms with Crippen molar-refractivity contribution in [2.24, 2.45) is 7.05 Å². The second-order valence-electron chi connectivity index (χ2n) is 7.15. The minimum absolute atomic E-state index is 0.0646. The van der Waals surface area contributed by atoms with Crippen LogP contribution in [0.15, 0.2) is 59.8 Å². The van der Waals surface area contributed by atoms with Crippen molar-refractivity contribution in [3.05, 3.63) is 60.2 Å². The van der Waals surface area contributed by atoms with Gasteiger partial charge in [-0.1, -0.05) is 54.2 Å². The number of anilines is 1. The lowest BCUT2D eigenvalue weighted by Crippen LogP contribution is -2.35. The SMILES string of the molecule is Cn1c(SCC(=O)Nc2ccc(CN3CCOCC3)cc2)nnc1-c1ccccc1. The van der Waals surface area contributed by atoms with Gasteiger partial charge in [0.2, 0.25) is 5.91 Å². The van der Waals surface area contributed by atoms with Crippen LogP contribution >= 0.6 is 11.8 Å². The van der Waals surface area contributed by atoms with Crippen molar-refractivity contribution in [2.75, 3.05) is 37.4 Å². The highest BCUT2D eigenvalue weighted by Crippen LogP contribution is 2.22. The van der Waals surface area contributed by atoms with Crippen LogP contribution in [0.3, 0.4) is 0 Å². The number of nitrogens with one attached hydrogen (secondary N) is 1. The topological polar surface area (TPSA) is 72.3 Å². The Bertz CT molecular complexity index is 969. The van der Waals surface area contributed by atoms with Crippen LogP contribution in [0.1, 0.15) is 5.56 Å². The van der Waals surface area contributed by atoms with Crippen molar-refractivity contribution in [1.82, 2.24) is 19.7 Å². The van der Waals surface area contributed by atoms with E-state index in [2.05, 4.69) is 32.5 Å². The Kier molecular flexibility index (Phi) is 6.78. The zero-order valence-corrected chi connectivity index (χ0v) is 17.8. The molecule has 7 nitrogen and oxygen atoms in total. The second kappa shape index (κ2) is 9.88. The molecule has 1 saturated heterocycles. The Morgan fingerprint density at radius 2 is 1.80 bits per heavy atom. The molecule has 156 valence electrons. The van der Waals surface area contributed by atoms with Gasteiger partial charge in [-0.05, 0) is 17.7 Å². The number of ether oxygens (including phenoxy) is 1. The van der Waals surface area contributed by atoms with Crippen LogP contribution in [0.25, 0.3) is 11.4 Å². The van der Waals surface area contributed by atoms with Gasteiger partial charge in [0.25, 0.3) is 0 Å². The zero-order valence-electron chi connectivity index (χ0n) is 17.0. The average molecular weight is 424 g/mol. The van der Waals surface area contributed by atoms with E-state index < -0.39 is 0 Å². The molecule has 3 aromatic rings. The molecule has 1 aliphatic heterocycles. The first-order valence-electron chi connectivity index (χ1n) is 9.95. The second-order valence-corrected chi connectivity index (χ2v) is 8.10. The van der Waals surface area contributed by atoms with Gasteiger partial charge >= 0.3 is 0 Å². The number of thioether (sulfide) groups is 1. The molecule has 1 N–H and O–H groups in total. The molecular formula is C22H25N5O2S. The largest absolute Gasteiger partial charge is 0.379 e. The number of nitrogens with zero attached hydrogens (tertiary/aromatic N) is 4. The highest BCUT2D eigenvalue weighted by molar-refractivity contribution is 7.99. The summed E-state index contributed by atoms with van der Waals surface area (Å²) in [4.78, 5) is 14.7. The van der Waals surface area contributed by atoms with Gasteiger partial charge in [-0.3, -0.25) is 9.69 Å². The van der Waals surface area contributed by atoms with E-state index >= 15 is 0 Å². The molecular weight excluding hydrogens is 398 g/mol. The molecule has 8 heteroatoms. The van der Waals surface area contributed by atoms with Crippen LogP contribution in [0.2, 0.25) is 0 Å². The van der Waals surface area contributed by atoms with Crippen molar-refractivity contribution in [3.63, 3.8) is 0 Å². The van der Waals surface area contributed by atoms with Gasteiger partial charge in [0.05, 0.1) is 19.0 Å². The molecule has 0 bridgehead atoms. The fourth-order valence-electron chi connectivity index (χ4n) is 3.32. The number of benzene rings is 2. The predicted molar refractivity (Wildman–Crippen MR) is 118 cm³/mol. The highest BCUT2D eigenvalue weighted by Gasteiger charge is 2.13. The van der Waals surface area contributed by atoms with Crippen LogP contribution in [0, 0.1) is 0 Å². The molecule has 4 rings (SSSR count). The number of hydrogen-bond acceptors (Lipinski definition) is 6. The molecule has 1 fully saturated rings. The van der Waals surface area contributed by atoms with E-state index in [-0.39, 0.29) is 11.7 Å². The third kappa shape index (κ3) is 5.27. The minimum atomic E-state index is -0.0646. The number of aromatic nitrogens is 3. The normalized spacial score (nSPS) is 14.6. The van der Waals surface area contributed by atoms with Crippen LogP contribution < -0.4 is 5.32 Å². The number of morpholine rings is 1. The third-order valence-corrected chi connectivity index (χ3v) is 5.97. The fourth-order valence-corrected chi connectivity index (χ4v) is 4.03. The Balaban J connectivity index is 1.28. The van der Waals surface area contributed by atoms with Crippen LogP contribution in [-0.2, 0) is 23.1 Å². The molecule has 2 aromatic carbocycles. The standard InChI is InChI=1S/C22H25N5O2S/c1-26-21(18-5-3-2-4-6-18)24-25-22(26)30-16-20(28)23-19-9-7-17(8-10-19)15-27-11-13-29-14-12-27/h2-10H,11-16H2,1H3,(H,23,28). The van der Waals surface area contributed by atoms with Crippen molar-refractivity contribution in [2.45, 2.75) is 11.7 Å². The number of carbonyl (C=O) groups excluding carboxylic acids is 1. The molecule has 0 saturated carbocycles. The van der Waals surface area contributed by atoms with Gasteiger partial charge in [0, 0.05) is 37.9 Å². The van der Waals surface area contributed by atoms with Gasteiger partial charge in [0.15, 0.2) is 11.0 Å². The lowest BCUT2D eigenvalue weighted by molar-refractivity contribution is -0.113. The van der Waals surface area contributed by atoms with Crippen molar-refractivity contribution in [1.29, 1.82) is 0 Å². The Morgan fingerprint density at radius 1 is 1.07 bits per heavy atom. The van der Waals surface area contributed by atoms with Crippen molar-refractivity contribution in [3.8, 4) is 11.4 Å². The Morgan fingerprint density at radius 3 is 2.53 bits per heavy atom. The molecule has 0 aliphatic carbocycles. The van der Waals surface area contributed by atoms with Gasteiger partial charge in [-0.15, -0.1) is 10.2 Å². The van der Waals surface area contributed by atoms with E-state index in [1.807, 2.05) is 54.1 Å². The summed E-state index contributed by atoms with van der Waals surface area (Å²) in [6.45, 7) is 4.42. The maximum Gasteiger partial charge on any atom is 0.234 e. The Hall–Kier alpha value is -2.68. The van der Waals surface area contributed by atoms with E-state index in [9.17, 15) is 4.79 Å². The predicted octanol–water partition coefficient (Wildman–Crippen LogP) is 3.05. The van der Waals surface area contributed by atoms with Gasteiger partial charge in [-0.2, -0.15) is 0 Å². The number of amides is 1. The summed E-state index contributed by atoms with van der Waals surface area (Å²) in [6, 6.07) is 17.9. The minimum Gasteiger partial charge on any atom is -0.379 e. The summed E-state index contributed by atoms with van der Waals surface area (Å²) < 4.78 is 7.30. The first-order chi connectivity index (χ1) is 14.7.